The zero-order chi connectivity index (χ0) is 15.7. The molecule has 2 aromatic rings. The predicted octanol–water partition coefficient (Wildman–Crippen LogP) is 2.29. The standard InChI is InChI=1S/C11H9ClFNO4S3/c12-20(15,16)11-6-3-9(19-11)7-14-21(17,18)10-4-1-8(13)2-5-10/h1-6,14H,7H2. The predicted molar refractivity (Wildman–Crippen MR) is 77.8 cm³/mol. The lowest BCUT2D eigenvalue weighted by atomic mass is 10.4. The van der Waals surface area contributed by atoms with Gasteiger partial charge in [0.05, 0.1) is 4.90 Å². The third-order valence-corrected chi connectivity index (χ3v) is 7.03. The Bertz CT molecular complexity index is 844. The Balaban J connectivity index is 2.12. The van der Waals surface area contributed by atoms with Crippen molar-refractivity contribution in [1.82, 2.24) is 4.72 Å². The van der Waals surface area contributed by atoms with Gasteiger partial charge in [0.2, 0.25) is 10.0 Å². The van der Waals surface area contributed by atoms with Crippen LogP contribution in [0.25, 0.3) is 0 Å². The van der Waals surface area contributed by atoms with Crippen LogP contribution in [-0.4, -0.2) is 16.8 Å². The lowest BCUT2D eigenvalue weighted by molar-refractivity contribution is 0.581. The molecule has 1 heterocycles. The quantitative estimate of drug-likeness (QED) is 0.820. The molecule has 21 heavy (non-hydrogen) atoms. The smallest absolute Gasteiger partial charge is 0.207 e. The second-order valence-corrected chi connectivity index (χ2v) is 9.67. The average Bonchev–Trinajstić information content (AvgIpc) is 2.86. The average molecular weight is 370 g/mol. The molecule has 0 aliphatic rings. The van der Waals surface area contributed by atoms with Gasteiger partial charge in [-0.3, -0.25) is 0 Å². The summed E-state index contributed by atoms with van der Waals surface area (Å²) in [5.41, 5.74) is 0. The van der Waals surface area contributed by atoms with E-state index in [0.717, 1.165) is 35.6 Å². The molecule has 0 unspecified atom stereocenters. The van der Waals surface area contributed by atoms with E-state index in [1.54, 1.807) is 0 Å². The van der Waals surface area contributed by atoms with Gasteiger partial charge in [0.25, 0.3) is 9.05 Å². The molecule has 0 saturated carbocycles. The first-order valence-corrected chi connectivity index (χ1v) is 10.1. The summed E-state index contributed by atoms with van der Waals surface area (Å²) in [6, 6.07) is 7.12. The molecule has 0 radical (unpaired) electrons. The van der Waals surface area contributed by atoms with Gasteiger partial charge in [-0.05, 0) is 36.4 Å². The molecule has 114 valence electrons. The SMILES string of the molecule is O=S(=O)(Cl)c1ccc(CNS(=O)(=O)c2ccc(F)cc2)s1. The molecule has 10 heteroatoms. The van der Waals surface area contributed by atoms with Crippen LogP contribution in [-0.2, 0) is 25.6 Å². The van der Waals surface area contributed by atoms with Gasteiger partial charge in [-0.15, -0.1) is 11.3 Å². The number of rotatable bonds is 5. The van der Waals surface area contributed by atoms with Crippen molar-refractivity contribution >= 4 is 41.1 Å². The summed E-state index contributed by atoms with van der Waals surface area (Å²) in [4.78, 5) is 0.408. The third-order valence-electron chi connectivity index (χ3n) is 2.44. The number of hydrogen-bond acceptors (Lipinski definition) is 5. The highest BCUT2D eigenvalue weighted by Gasteiger charge is 2.16. The Morgan fingerprint density at radius 1 is 1.05 bits per heavy atom. The molecule has 0 saturated heterocycles. The fraction of sp³-hybridized carbons (Fsp3) is 0.0909. The summed E-state index contributed by atoms with van der Waals surface area (Å²) in [6.07, 6.45) is 0. The first kappa shape index (κ1) is 16.4. The fourth-order valence-electron chi connectivity index (χ4n) is 1.45. The second-order valence-electron chi connectivity index (χ2n) is 3.94. The van der Waals surface area contributed by atoms with E-state index >= 15 is 0 Å². The van der Waals surface area contributed by atoms with E-state index in [0.29, 0.717) is 4.88 Å². The van der Waals surface area contributed by atoms with E-state index in [9.17, 15) is 21.2 Å². The van der Waals surface area contributed by atoms with Gasteiger partial charge in [-0.1, -0.05) is 0 Å². The van der Waals surface area contributed by atoms with E-state index in [-0.39, 0.29) is 15.6 Å². The van der Waals surface area contributed by atoms with E-state index in [1.165, 1.54) is 12.1 Å². The summed E-state index contributed by atoms with van der Waals surface area (Å²) >= 11 is 0.871. The topological polar surface area (TPSA) is 80.3 Å². The molecule has 0 bridgehead atoms. The van der Waals surface area contributed by atoms with Crippen molar-refractivity contribution in [1.29, 1.82) is 0 Å². The highest BCUT2D eigenvalue weighted by Crippen LogP contribution is 2.25. The van der Waals surface area contributed by atoms with Gasteiger partial charge >= 0.3 is 0 Å². The van der Waals surface area contributed by atoms with Gasteiger partial charge in [0.1, 0.15) is 10.0 Å². The Morgan fingerprint density at radius 2 is 1.67 bits per heavy atom. The molecule has 2 rings (SSSR count). The number of thiophene rings is 1. The monoisotopic (exact) mass is 369 g/mol. The highest BCUT2D eigenvalue weighted by molar-refractivity contribution is 8.15. The summed E-state index contributed by atoms with van der Waals surface area (Å²) in [6.45, 7) is -0.0865. The lowest BCUT2D eigenvalue weighted by Crippen LogP contribution is -2.22. The molecule has 1 N–H and O–H groups in total. The van der Waals surface area contributed by atoms with Gasteiger partial charge in [-0.25, -0.2) is 25.9 Å². The van der Waals surface area contributed by atoms with E-state index in [1.807, 2.05) is 0 Å². The number of nitrogens with one attached hydrogen (secondary N) is 1. The van der Waals surface area contributed by atoms with E-state index in [4.69, 9.17) is 10.7 Å². The van der Waals surface area contributed by atoms with Crippen LogP contribution in [0.3, 0.4) is 0 Å². The normalized spacial score (nSPS) is 12.5. The number of benzene rings is 1. The van der Waals surface area contributed by atoms with Crippen LogP contribution >= 0.6 is 22.0 Å². The Hall–Kier alpha value is -1.00. The van der Waals surface area contributed by atoms with Crippen LogP contribution in [0.5, 0.6) is 0 Å². The minimum Gasteiger partial charge on any atom is -0.207 e. The van der Waals surface area contributed by atoms with Crippen molar-refractivity contribution in [3.63, 3.8) is 0 Å². The van der Waals surface area contributed by atoms with Gasteiger partial charge < -0.3 is 0 Å². The van der Waals surface area contributed by atoms with Crippen molar-refractivity contribution in [2.75, 3.05) is 0 Å². The molecule has 0 fully saturated rings. The van der Waals surface area contributed by atoms with Crippen LogP contribution in [0, 0.1) is 5.82 Å². The van der Waals surface area contributed by atoms with Crippen LogP contribution in [0.2, 0.25) is 0 Å². The number of sulfonamides is 1. The van der Waals surface area contributed by atoms with Crippen molar-refractivity contribution in [2.24, 2.45) is 0 Å². The number of hydrogen-bond donors (Lipinski definition) is 1. The van der Waals surface area contributed by atoms with Crippen LogP contribution in [0.15, 0.2) is 45.5 Å². The summed E-state index contributed by atoms with van der Waals surface area (Å²) in [5, 5.41) is 0. The zero-order valence-electron chi connectivity index (χ0n) is 10.3. The molecule has 0 aliphatic heterocycles. The fourth-order valence-corrected chi connectivity index (χ4v) is 4.61. The van der Waals surface area contributed by atoms with Gasteiger partial charge in [-0.2, -0.15) is 0 Å². The van der Waals surface area contributed by atoms with Crippen molar-refractivity contribution in [3.05, 3.63) is 47.1 Å². The van der Waals surface area contributed by atoms with Crippen LogP contribution < -0.4 is 4.72 Å². The Labute approximate surface area is 129 Å². The third kappa shape index (κ3) is 4.24. The van der Waals surface area contributed by atoms with Gasteiger partial charge in [0, 0.05) is 22.1 Å². The molecule has 0 atom stereocenters. The molecule has 0 amide bonds. The lowest BCUT2D eigenvalue weighted by Gasteiger charge is -2.05. The Kier molecular flexibility index (Phi) is 4.69. The second kappa shape index (κ2) is 6.01. The summed E-state index contributed by atoms with van der Waals surface area (Å²) < 4.78 is 61.1. The van der Waals surface area contributed by atoms with Crippen molar-refractivity contribution in [2.45, 2.75) is 15.6 Å². The van der Waals surface area contributed by atoms with Gasteiger partial charge in [0.15, 0.2) is 0 Å². The van der Waals surface area contributed by atoms with Crippen LogP contribution in [0.1, 0.15) is 4.88 Å². The zero-order valence-corrected chi connectivity index (χ0v) is 13.5. The van der Waals surface area contributed by atoms with E-state index < -0.39 is 24.9 Å². The summed E-state index contributed by atoms with van der Waals surface area (Å²) in [5.74, 6) is -0.538. The summed E-state index contributed by atoms with van der Waals surface area (Å²) in [7, 11) is -2.43. The van der Waals surface area contributed by atoms with Crippen molar-refractivity contribution < 1.29 is 21.2 Å². The first-order valence-electron chi connectivity index (χ1n) is 5.47. The molecule has 5 nitrogen and oxygen atoms in total. The Morgan fingerprint density at radius 3 is 2.19 bits per heavy atom. The minimum atomic E-state index is -3.82. The minimum absolute atomic E-state index is 0.0554. The highest BCUT2D eigenvalue weighted by atomic mass is 35.7. The molecule has 0 spiro atoms. The first-order chi connectivity index (χ1) is 9.68. The maximum absolute atomic E-state index is 12.8. The molecular weight excluding hydrogens is 361 g/mol. The molecular formula is C11H9ClFNO4S3. The molecule has 1 aromatic carbocycles. The van der Waals surface area contributed by atoms with Crippen LogP contribution in [0.4, 0.5) is 4.39 Å². The maximum atomic E-state index is 12.8. The molecule has 1 aromatic heterocycles. The van der Waals surface area contributed by atoms with E-state index in [2.05, 4.69) is 4.72 Å². The van der Waals surface area contributed by atoms with Crippen molar-refractivity contribution in [3.8, 4) is 0 Å². The number of halogens is 2. The molecule has 0 aliphatic carbocycles. The maximum Gasteiger partial charge on any atom is 0.270 e. The largest absolute Gasteiger partial charge is 0.270 e.